The average molecular weight is 338 g/mol. The predicted octanol–water partition coefficient (Wildman–Crippen LogP) is 1.76. The van der Waals surface area contributed by atoms with Crippen LogP contribution < -0.4 is 15.4 Å². The van der Waals surface area contributed by atoms with E-state index in [-0.39, 0.29) is 17.4 Å². The van der Waals surface area contributed by atoms with E-state index in [2.05, 4.69) is 10.6 Å². The lowest BCUT2D eigenvalue weighted by Gasteiger charge is -2.12. The van der Waals surface area contributed by atoms with Crippen LogP contribution in [-0.2, 0) is 9.53 Å². The Morgan fingerprint density at radius 1 is 1.25 bits per heavy atom. The molecule has 0 bridgehead atoms. The molecule has 3 amide bonds. The Labute approximate surface area is 138 Å². The van der Waals surface area contributed by atoms with Gasteiger partial charge in [0.25, 0.3) is 5.91 Å². The SMILES string of the molecule is COc1ccc(C(=O)OCC(=O)NC(=O)NC2CCCC2)c(F)c1. The summed E-state index contributed by atoms with van der Waals surface area (Å²) in [4.78, 5) is 34.9. The third kappa shape index (κ3) is 4.94. The Balaban J connectivity index is 1.78. The lowest BCUT2D eigenvalue weighted by atomic mass is 10.2. The molecule has 1 saturated carbocycles. The monoisotopic (exact) mass is 338 g/mol. The van der Waals surface area contributed by atoms with Crippen LogP contribution in [-0.4, -0.2) is 37.7 Å². The Bertz CT molecular complexity index is 629. The molecule has 7 nitrogen and oxygen atoms in total. The van der Waals surface area contributed by atoms with Crippen molar-refractivity contribution in [2.75, 3.05) is 13.7 Å². The number of carbonyl (C=O) groups is 3. The maximum Gasteiger partial charge on any atom is 0.341 e. The van der Waals surface area contributed by atoms with Gasteiger partial charge in [0.05, 0.1) is 12.7 Å². The standard InChI is InChI=1S/C16H19FN2O5/c1-23-11-6-7-12(13(17)8-11)15(21)24-9-14(20)19-16(22)18-10-4-2-3-5-10/h6-8,10H,2-5,9H2,1H3,(H2,18,19,20,22). The molecule has 0 atom stereocenters. The Morgan fingerprint density at radius 3 is 2.58 bits per heavy atom. The molecule has 0 aliphatic heterocycles. The summed E-state index contributed by atoms with van der Waals surface area (Å²) in [6.07, 6.45) is 3.86. The number of rotatable bonds is 5. The summed E-state index contributed by atoms with van der Waals surface area (Å²) >= 11 is 0. The van der Waals surface area contributed by atoms with E-state index in [4.69, 9.17) is 9.47 Å². The molecule has 0 heterocycles. The first kappa shape index (κ1) is 17.7. The minimum atomic E-state index is -0.999. The van der Waals surface area contributed by atoms with E-state index in [1.54, 1.807) is 0 Å². The highest BCUT2D eigenvalue weighted by Crippen LogP contribution is 2.18. The Morgan fingerprint density at radius 2 is 1.96 bits per heavy atom. The summed E-state index contributed by atoms with van der Waals surface area (Å²) in [7, 11) is 1.37. The first-order chi connectivity index (χ1) is 11.5. The van der Waals surface area contributed by atoms with Gasteiger partial charge in [-0.1, -0.05) is 12.8 Å². The van der Waals surface area contributed by atoms with Crippen molar-refractivity contribution < 1.29 is 28.2 Å². The van der Waals surface area contributed by atoms with Crippen molar-refractivity contribution in [3.05, 3.63) is 29.6 Å². The predicted molar refractivity (Wildman–Crippen MR) is 82.2 cm³/mol. The second-order valence-electron chi connectivity index (χ2n) is 5.42. The maximum absolute atomic E-state index is 13.7. The zero-order valence-corrected chi connectivity index (χ0v) is 13.3. The van der Waals surface area contributed by atoms with Gasteiger partial charge in [-0.15, -0.1) is 0 Å². The number of imide groups is 1. The highest BCUT2D eigenvalue weighted by molar-refractivity contribution is 5.97. The van der Waals surface area contributed by atoms with Crippen LogP contribution in [0.15, 0.2) is 18.2 Å². The van der Waals surface area contributed by atoms with Gasteiger partial charge in [0, 0.05) is 12.1 Å². The fourth-order valence-electron chi connectivity index (χ4n) is 2.45. The van der Waals surface area contributed by atoms with Crippen LogP contribution in [0.25, 0.3) is 0 Å². The van der Waals surface area contributed by atoms with E-state index >= 15 is 0 Å². The van der Waals surface area contributed by atoms with Gasteiger partial charge in [0.15, 0.2) is 6.61 Å². The average Bonchev–Trinajstić information content (AvgIpc) is 3.05. The fraction of sp³-hybridized carbons (Fsp3) is 0.438. The number of halogens is 1. The highest BCUT2D eigenvalue weighted by Gasteiger charge is 2.19. The van der Waals surface area contributed by atoms with E-state index in [0.717, 1.165) is 31.7 Å². The molecule has 1 aliphatic carbocycles. The molecule has 1 aliphatic rings. The number of hydrogen-bond donors (Lipinski definition) is 2. The fourth-order valence-corrected chi connectivity index (χ4v) is 2.45. The van der Waals surface area contributed by atoms with Crippen molar-refractivity contribution in [1.29, 1.82) is 0 Å². The first-order valence-corrected chi connectivity index (χ1v) is 7.60. The van der Waals surface area contributed by atoms with Gasteiger partial charge in [0.2, 0.25) is 0 Å². The van der Waals surface area contributed by atoms with Gasteiger partial charge in [0.1, 0.15) is 11.6 Å². The van der Waals surface area contributed by atoms with Crippen LogP contribution in [0, 0.1) is 5.82 Å². The smallest absolute Gasteiger partial charge is 0.341 e. The topological polar surface area (TPSA) is 93.7 Å². The lowest BCUT2D eigenvalue weighted by molar-refractivity contribution is -0.123. The van der Waals surface area contributed by atoms with Gasteiger partial charge in [-0.25, -0.2) is 14.0 Å². The molecule has 24 heavy (non-hydrogen) atoms. The molecule has 1 fully saturated rings. The number of ether oxygens (including phenoxy) is 2. The second kappa shape index (κ2) is 8.28. The van der Waals surface area contributed by atoms with Gasteiger partial charge in [-0.05, 0) is 25.0 Å². The number of nitrogens with one attached hydrogen (secondary N) is 2. The van der Waals surface area contributed by atoms with E-state index in [0.29, 0.717) is 0 Å². The molecule has 1 aromatic carbocycles. The molecule has 130 valence electrons. The number of carbonyl (C=O) groups excluding carboxylic acids is 3. The molecule has 0 radical (unpaired) electrons. The van der Waals surface area contributed by atoms with Gasteiger partial charge in [-0.2, -0.15) is 0 Å². The van der Waals surface area contributed by atoms with Crippen LogP contribution in [0.5, 0.6) is 5.75 Å². The molecule has 0 saturated heterocycles. The Hall–Kier alpha value is -2.64. The molecule has 0 unspecified atom stereocenters. The van der Waals surface area contributed by atoms with Gasteiger partial charge in [-0.3, -0.25) is 10.1 Å². The van der Waals surface area contributed by atoms with Gasteiger partial charge < -0.3 is 14.8 Å². The van der Waals surface area contributed by atoms with Crippen LogP contribution in [0.3, 0.4) is 0 Å². The Kier molecular flexibility index (Phi) is 6.11. The van der Waals surface area contributed by atoms with E-state index < -0.39 is 30.3 Å². The van der Waals surface area contributed by atoms with Crippen molar-refractivity contribution >= 4 is 17.9 Å². The number of benzene rings is 1. The number of hydrogen-bond acceptors (Lipinski definition) is 5. The number of amides is 3. The van der Waals surface area contributed by atoms with Crippen molar-refractivity contribution in [3.63, 3.8) is 0 Å². The summed E-state index contributed by atoms with van der Waals surface area (Å²) in [5.74, 6) is -2.35. The molecular weight excluding hydrogens is 319 g/mol. The zero-order chi connectivity index (χ0) is 17.5. The van der Waals surface area contributed by atoms with Crippen LogP contribution in [0.1, 0.15) is 36.0 Å². The maximum atomic E-state index is 13.7. The second-order valence-corrected chi connectivity index (χ2v) is 5.42. The largest absolute Gasteiger partial charge is 0.497 e. The molecule has 0 spiro atoms. The molecule has 0 aromatic heterocycles. The quantitative estimate of drug-likeness (QED) is 0.798. The van der Waals surface area contributed by atoms with Crippen LogP contribution in [0.2, 0.25) is 0 Å². The summed E-state index contributed by atoms with van der Waals surface area (Å²) in [5, 5.41) is 4.73. The van der Waals surface area contributed by atoms with E-state index in [9.17, 15) is 18.8 Å². The number of esters is 1. The van der Waals surface area contributed by atoms with Crippen LogP contribution in [0.4, 0.5) is 9.18 Å². The third-order valence-electron chi connectivity index (χ3n) is 3.67. The molecular formula is C16H19FN2O5. The van der Waals surface area contributed by atoms with Gasteiger partial charge >= 0.3 is 12.0 Å². The summed E-state index contributed by atoms with van der Waals surface area (Å²) in [5.41, 5.74) is -0.320. The minimum absolute atomic E-state index is 0.0637. The van der Waals surface area contributed by atoms with E-state index in [1.165, 1.54) is 19.2 Å². The third-order valence-corrected chi connectivity index (χ3v) is 3.67. The first-order valence-electron chi connectivity index (χ1n) is 7.60. The highest BCUT2D eigenvalue weighted by atomic mass is 19.1. The number of urea groups is 1. The van der Waals surface area contributed by atoms with Crippen molar-refractivity contribution in [2.45, 2.75) is 31.7 Å². The summed E-state index contributed by atoms with van der Waals surface area (Å²) in [6.45, 7) is -0.678. The van der Waals surface area contributed by atoms with Crippen LogP contribution >= 0.6 is 0 Å². The molecule has 1 aromatic rings. The zero-order valence-electron chi connectivity index (χ0n) is 13.3. The molecule has 8 heteroatoms. The number of methoxy groups -OCH3 is 1. The van der Waals surface area contributed by atoms with Crippen molar-refractivity contribution in [3.8, 4) is 5.75 Å². The molecule has 2 rings (SSSR count). The normalized spacial score (nSPS) is 14.1. The van der Waals surface area contributed by atoms with Crippen molar-refractivity contribution in [2.24, 2.45) is 0 Å². The van der Waals surface area contributed by atoms with Crippen molar-refractivity contribution in [1.82, 2.24) is 10.6 Å². The molecule has 2 N–H and O–H groups in total. The van der Waals surface area contributed by atoms with E-state index in [1.807, 2.05) is 0 Å². The summed E-state index contributed by atoms with van der Waals surface area (Å²) in [6, 6.07) is 3.06. The minimum Gasteiger partial charge on any atom is -0.497 e. The lowest BCUT2D eigenvalue weighted by Crippen LogP contribution is -2.45. The summed E-state index contributed by atoms with van der Waals surface area (Å²) < 4.78 is 23.2.